The average molecular weight is 336 g/mol. The van der Waals surface area contributed by atoms with Crippen LogP contribution in [0.4, 0.5) is 4.79 Å². The van der Waals surface area contributed by atoms with Gasteiger partial charge in [-0.25, -0.2) is 14.3 Å². The van der Waals surface area contributed by atoms with E-state index in [1.165, 1.54) is 16.7 Å². The van der Waals surface area contributed by atoms with Crippen LogP contribution >= 0.6 is 0 Å². The third kappa shape index (κ3) is 3.17. The van der Waals surface area contributed by atoms with E-state index in [0.717, 1.165) is 19.4 Å². The van der Waals surface area contributed by atoms with Crippen molar-refractivity contribution in [2.45, 2.75) is 32.9 Å². The number of benzene rings is 1. The van der Waals surface area contributed by atoms with E-state index in [1.807, 2.05) is 4.90 Å². The lowest BCUT2D eigenvalue weighted by Crippen LogP contribution is -2.42. The molecule has 1 aliphatic rings. The Bertz CT molecular complexity index is 886. The lowest BCUT2D eigenvalue weighted by atomic mass is 9.97. The number of aryl methyl sites for hydroxylation is 1. The van der Waals surface area contributed by atoms with Gasteiger partial charge < -0.3 is 10.2 Å². The largest absolute Gasteiger partial charge is 0.331 e. The predicted octanol–water partition coefficient (Wildman–Crippen LogP) is 1.95. The summed E-state index contributed by atoms with van der Waals surface area (Å²) >= 11 is 0. The molecule has 25 heavy (non-hydrogen) atoms. The van der Waals surface area contributed by atoms with Gasteiger partial charge >= 0.3 is 6.03 Å². The number of nitrogens with one attached hydrogen (secondary N) is 1. The molecule has 128 valence electrons. The van der Waals surface area contributed by atoms with Crippen LogP contribution in [0.25, 0.3) is 5.78 Å². The van der Waals surface area contributed by atoms with Crippen LogP contribution in [0.2, 0.25) is 0 Å². The Morgan fingerprint density at radius 1 is 1.32 bits per heavy atom. The second kappa shape index (κ2) is 6.51. The first-order valence-electron chi connectivity index (χ1n) is 8.52. The van der Waals surface area contributed by atoms with Gasteiger partial charge in [0, 0.05) is 25.5 Å². The molecule has 1 aromatic carbocycles. The van der Waals surface area contributed by atoms with Crippen molar-refractivity contribution in [2.75, 3.05) is 6.54 Å². The highest BCUT2D eigenvalue weighted by Crippen LogP contribution is 2.20. The van der Waals surface area contributed by atoms with Gasteiger partial charge in [0.15, 0.2) is 5.82 Å². The normalized spacial score (nSPS) is 13.7. The number of hydrogen-bond donors (Lipinski definition) is 1. The molecule has 0 saturated carbocycles. The molecule has 2 aromatic heterocycles. The van der Waals surface area contributed by atoms with Gasteiger partial charge in [0.05, 0.1) is 6.54 Å². The molecular weight excluding hydrogens is 316 g/mol. The van der Waals surface area contributed by atoms with Gasteiger partial charge in [-0.05, 0) is 35.6 Å². The van der Waals surface area contributed by atoms with Crippen LogP contribution in [0.15, 0.2) is 36.7 Å². The van der Waals surface area contributed by atoms with Gasteiger partial charge in [0.2, 0.25) is 0 Å². The van der Waals surface area contributed by atoms with Gasteiger partial charge in [-0.1, -0.05) is 25.1 Å². The van der Waals surface area contributed by atoms with E-state index >= 15 is 0 Å². The first-order valence-corrected chi connectivity index (χ1v) is 8.52. The number of hydrogen-bond acceptors (Lipinski definition) is 4. The number of amides is 2. The van der Waals surface area contributed by atoms with Gasteiger partial charge in [0.25, 0.3) is 5.78 Å². The molecule has 0 bridgehead atoms. The maximum Gasteiger partial charge on any atom is 0.318 e. The molecule has 0 spiro atoms. The smallest absolute Gasteiger partial charge is 0.318 e. The lowest BCUT2D eigenvalue weighted by molar-refractivity contribution is 0.191. The summed E-state index contributed by atoms with van der Waals surface area (Å²) in [4.78, 5) is 22.7. The number of urea groups is 1. The summed E-state index contributed by atoms with van der Waals surface area (Å²) in [7, 11) is 0. The SMILES string of the molecule is CCc1ccc2c(c1)CCN(C(=O)NCc1nc3ncccn3n1)C2. The van der Waals surface area contributed by atoms with Crippen molar-refractivity contribution < 1.29 is 4.79 Å². The van der Waals surface area contributed by atoms with Gasteiger partial charge in [-0.2, -0.15) is 4.98 Å². The van der Waals surface area contributed by atoms with E-state index in [1.54, 1.807) is 23.0 Å². The Labute approximate surface area is 145 Å². The highest BCUT2D eigenvalue weighted by molar-refractivity contribution is 5.74. The molecule has 1 aliphatic heterocycles. The van der Waals surface area contributed by atoms with E-state index in [2.05, 4.69) is 45.5 Å². The van der Waals surface area contributed by atoms with E-state index in [0.29, 0.717) is 24.7 Å². The fourth-order valence-electron chi connectivity index (χ4n) is 3.12. The minimum absolute atomic E-state index is 0.0861. The number of carbonyl (C=O) groups excluding carboxylic acids is 1. The van der Waals surface area contributed by atoms with Crippen molar-refractivity contribution >= 4 is 11.8 Å². The van der Waals surface area contributed by atoms with Crippen molar-refractivity contribution in [3.05, 3.63) is 59.2 Å². The van der Waals surface area contributed by atoms with E-state index in [9.17, 15) is 4.79 Å². The maximum absolute atomic E-state index is 12.5. The topological polar surface area (TPSA) is 75.4 Å². The number of aromatic nitrogens is 4. The number of rotatable bonds is 3. The molecule has 0 atom stereocenters. The van der Waals surface area contributed by atoms with Crippen molar-refractivity contribution in [3.8, 4) is 0 Å². The van der Waals surface area contributed by atoms with E-state index in [4.69, 9.17) is 0 Å². The third-order valence-corrected chi connectivity index (χ3v) is 4.54. The Kier molecular flexibility index (Phi) is 4.05. The molecule has 1 N–H and O–H groups in total. The summed E-state index contributed by atoms with van der Waals surface area (Å²) in [6, 6.07) is 8.26. The van der Waals surface area contributed by atoms with Gasteiger partial charge in [-0.15, -0.1) is 5.10 Å². The third-order valence-electron chi connectivity index (χ3n) is 4.54. The predicted molar refractivity (Wildman–Crippen MR) is 93.0 cm³/mol. The summed E-state index contributed by atoms with van der Waals surface area (Å²) in [5.74, 6) is 1.09. The Hall–Kier alpha value is -2.96. The monoisotopic (exact) mass is 336 g/mol. The maximum atomic E-state index is 12.5. The molecule has 4 rings (SSSR count). The minimum atomic E-state index is -0.0861. The summed E-state index contributed by atoms with van der Waals surface area (Å²) in [5.41, 5.74) is 3.94. The fourth-order valence-corrected chi connectivity index (χ4v) is 3.12. The first-order chi connectivity index (χ1) is 12.2. The summed E-state index contributed by atoms with van der Waals surface area (Å²) < 4.78 is 1.60. The van der Waals surface area contributed by atoms with Crippen molar-refractivity contribution in [3.63, 3.8) is 0 Å². The van der Waals surface area contributed by atoms with Crippen LogP contribution in [-0.4, -0.2) is 37.1 Å². The van der Waals surface area contributed by atoms with Crippen LogP contribution in [-0.2, 0) is 25.9 Å². The van der Waals surface area contributed by atoms with Crippen molar-refractivity contribution in [1.29, 1.82) is 0 Å². The molecule has 0 fully saturated rings. The zero-order valence-electron chi connectivity index (χ0n) is 14.1. The number of nitrogens with zero attached hydrogens (tertiary/aromatic N) is 5. The summed E-state index contributed by atoms with van der Waals surface area (Å²) in [6.07, 6.45) is 5.39. The summed E-state index contributed by atoms with van der Waals surface area (Å²) in [6.45, 7) is 3.82. The zero-order chi connectivity index (χ0) is 17.2. The Balaban J connectivity index is 1.39. The molecule has 7 heteroatoms. The second-order valence-electron chi connectivity index (χ2n) is 6.18. The van der Waals surface area contributed by atoms with Crippen LogP contribution in [0.5, 0.6) is 0 Å². The number of fused-ring (bicyclic) bond motifs is 2. The molecule has 7 nitrogen and oxygen atoms in total. The average Bonchev–Trinajstić information content (AvgIpc) is 3.08. The summed E-state index contributed by atoms with van der Waals surface area (Å²) in [5, 5.41) is 7.20. The van der Waals surface area contributed by atoms with Crippen molar-refractivity contribution in [1.82, 2.24) is 29.8 Å². The molecule has 0 unspecified atom stereocenters. The van der Waals surface area contributed by atoms with Crippen LogP contribution in [0, 0.1) is 0 Å². The molecule has 0 saturated heterocycles. The van der Waals surface area contributed by atoms with E-state index in [-0.39, 0.29) is 6.03 Å². The Morgan fingerprint density at radius 2 is 2.24 bits per heavy atom. The minimum Gasteiger partial charge on any atom is -0.331 e. The number of carbonyl (C=O) groups is 1. The fraction of sp³-hybridized carbons (Fsp3) is 0.333. The lowest BCUT2D eigenvalue weighted by Gasteiger charge is -2.29. The highest BCUT2D eigenvalue weighted by atomic mass is 16.2. The molecule has 3 aromatic rings. The molecule has 0 aliphatic carbocycles. The molecule has 0 radical (unpaired) electrons. The Morgan fingerprint density at radius 3 is 3.08 bits per heavy atom. The van der Waals surface area contributed by atoms with Crippen LogP contribution in [0.3, 0.4) is 0 Å². The van der Waals surface area contributed by atoms with Crippen molar-refractivity contribution in [2.24, 2.45) is 0 Å². The molecule has 3 heterocycles. The van der Waals surface area contributed by atoms with Crippen LogP contribution in [0.1, 0.15) is 29.4 Å². The standard InChI is InChI=1S/C18H20N6O/c1-2-13-4-5-15-12-23(9-6-14(15)10-13)18(25)20-11-16-21-17-19-7-3-8-24(17)22-16/h3-5,7-8,10H,2,6,9,11-12H2,1H3,(H,20,25). The van der Waals surface area contributed by atoms with Crippen LogP contribution < -0.4 is 5.32 Å². The van der Waals surface area contributed by atoms with Gasteiger partial charge in [0.1, 0.15) is 0 Å². The second-order valence-corrected chi connectivity index (χ2v) is 6.18. The molecule has 2 amide bonds. The van der Waals surface area contributed by atoms with E-state index < -0.39 is 0 Å². The zero-order valence-corrected chi connectivity index (χ0v) is 14.1. The van der Waals surface area contributed by atoms with Gasteiger partial charge in [-0.3, -0.25) is 0 Å². The quantitative estimate of drug-likeness (QED) is 0.793. The highest BCUT2D eigenvalue weighted by Gasteiger charge is 2.21. The first kappa shape index (κ1) is 15.6. The molecular formula is C18H20N6O.